The van der Waals surface area contributed by atoms with Crippen LogP contribution in [0.3, 0.4) is 0 Å². The quantitative estimate of drug-likeness (QED) is 0.687. The number of carboxylic acid groups (broad SMARTS) is 1. The second-order valence-electron chi connectivity index (χ2n) is 5.09. The highest BCUT2D eigenvalue weighted by Gasteiger charge is 2.20. The molecule has 0 aromatic carbocycles. The Hall–Kier alpha value is -0.610. The molecule has 1 N–H and O–H groups in total. The first-order valence-electron chi connectivity index (χ1n) is 6.81. The molecule has 0 aromatic heterocycles. The largest absolute Gasteiger partial charge is 0.481 e. The fourth-order valence-electron chi connectivity index (χ4n) is 2.25. The number of hydrogen-bond donors (Lipinski definition) is 1. The van der Waals surface area contributed by atoms with E-state index in [2.05, 4.69) is 16.7 Å². The summed E-state index contributed by atoms with van der Waals surface area (Å²) in [5.41, 5.74) is 0. The van der Waals surface area contributed by atoms with Crippen molar-refractivity contribution in [3.63, 3.8) is 0 Å². The summed E-state index contributed by atoms with van der Waals surface area (Å²) in [7, 11) is 0. The van der Waals surface area contributed by atoms with Crippen LogP contribution in [0, 0.1) is 5.92 Å². The molecule has 4 heteroatoms. The van der Waals surface area contributed by atoms with Crippen LogP contribution in [0.25, 0.3) is 0 Å². The predicted octanol–water partition coefficient (Wildman–Crippen LogP) is 1.51. The third kappa shape index (κ3) is 5.50. The van der Waals surface area contributed by atoms with Crippen molar-refractivity contribution in [2.75, 3.05) is 39.3 Å². The van der Waals surface area contributed by atoms with Gasteiger partial charge in [-0.3, -0.25) is 9.69 Å². The number of aliphatic carboxylic acids is 1. The van der Waals surface area contributed by atoms with E-state index in [0.717, 1.165) is 26.2 Å². The first-order chi connectivity index (χ1) is 8.13. The van der Waals surface area contributed by atoms with Crippen molar-refractivity contribution in [3.8, 4) is 0 Å². The molecule has 100 valence electrons. The highest BCUT2D eigenvalue weighted by atomic mass is 16.4. The van der Waals surface area contributed by atoms with Crippen LogP contribution in [0.4, 0.5) is 0 Å². The number of hydrogen-bond acceptors (Lipinski definition) is 3. The molecular formula is C13H26N2O2. The van der Waals surface area contributed by atoms with E-state index >= 15 is 0 Å². The first kappa shape index (κ1) is 14.5. The zero-order valence-corrected chi connectivity index (χ0v) is 11.2. The monoisotopic (exact) mass is 242 g/mol. The minimum absolute atomic E-state index is 0.248. The Labute approximate surface area is 105 Å². The van der Waals surface area contributed by atoms with Gasteiger partial charge < -0.3 is 10.0 Å². The lowest BCUT2D eigenvalue weighted by molar-refractivity contribution is -0.141. The van der Waals surface area contributed by atoms with Crippen LogP contribution in [0.2, 0.25) is 0 Å². The smallest absolute Gasteiger partial charge is 0.307 e. The number of nitrogens with zero attached hydrogens (tertiary/aromatic N) is 2. The number of carboxylic acids is 1. The Morgan fingerprint density at radius 3 is 2.29 bits per heavy atom. The van der Waals surface area contributed by atoms with E-state index in [1.807, 2.05) is 0 Å². The Bertz CT molecular complexity index is 225. The van der Waals surface area contributed by atoms with Crippen molar-refractivity contribution in [2.24, 2.45) is 5.92 Å². The predicted molar refractivity (Wildman–Crippen MR) is 69.2 cm³/mol. The van der Waals surface area contributed by atoms with Gasteiger partial charge in [0.05, 0.1) is 5.92 Å². The molecule has 0 aromatic rings. The standard InChI is InChI=1S/C13H26N2O2/c1-3-4-5-6-14-7-9-15(10-8-14)11-12(2)13(16)17/h12H,3-11H2,1-2H3,(H,16,17). The lowest BCUT2D eigenvalue weighted by Crippen LogP contribution is -2.48. The minimum Gasteiger partial charge on any atom is -0.481 e. The molecular weight excluding hydrogens is 216 g/mol. The fraction of sp³-hybridized carbons (Fsp3) is 0.923. The fourth-order valence-corrected chi connectivity index (χ4v) is 2.25. The second kappa shape index (κ2) is 7.67. The van der Waals surface area contributed by atoms with Gasteiger partial charge in [0.1, 0.15) is 0 Å². The molecule has 0 bridgehead atoms. The molecule has 1 rings (SSSR count). The third-order valence-corrected chi connectivity index (χ3v) is 3.50. The minimum atomic E-state index is -0.685. The van der Waals surface area contributed by atoms with Gasteiger partial charge in [-0.1, -0.05) is 26.7 Å². The Morgan fingerprint density at radius 1 is 1.18 bits per heavy atom. The molecule has 1 fully saturated rings. The molecule has 17 heavy (non-hydrogen) atoms. The van der Waals surface area contributed by atoms with Crippen molar-refractivity contribution in [3.05, 3.63) is 0 Å². The zero-order valence-electron chi connectivity index (χ0n) is 11.2. The highest BCUT2D eigenvalue weighted by molar-refractivity contribution is 5.69. The second-order valence-corrected chi connectivity index (χ2v) is 5.09. The van der Waals surface area contributed by atoms with Crippen molar-refractivity contribution < 1.29 is 9.90 Å². The van der Waals surface area contributed by atoms with E-state index in [4.69, 9.17) is 5.11 Å². The number of unbranched alkanes of at least 4 members (excludes halogenated alkanes) is 2. The van der Waals surface area contributed by atoms with E-state index < -0.39 is 5.97 Å². The molecule has 0 amide bonds. The molecule has 1 unspecified atom stereocenters. The number of carbonyl (C=O) groups is 1. The number of rotatable bonds is 7. The van der Waals surface area contributed by atoms with Gasteiger partial charge in [-0.15, -0.1) is 0 Å². The van der Waals surface area contributed by atoms with Gasteiger partial charge in [-0.05, 0) is 13.0 Å². The van der Waals surface area contributed by atoms with Crippen molar-refractivity contribution in [1.82, 2.24) is 9.80 Å². The van der Waals surface area contributed by atoms with Gasteiger partial charge in [0.25, 0.3) is 0 Å². The molecule has 0 aliphatic carbocycles. The van der Waals surface area contributed by atoms with Crippen molar-refractivity contribution >= 4 is 5.97 Å². The summed E-state index contributed by atoms with van der Waals surface area (Å²) in [4.78, 5) is 15.5. The van der Waals surface area contributed by atoms with E-state index in [-0.39, 0.29) is 5.92 Å². The summed E-state index contributed by atoms with van der Waals surface area (Å²) in [6.07, 6.45) is 3.88. The molecule has 0 radical (unpaired) electrons. The Morgan fingerprint density at radius 2 is 1.76 bits per heavy atom. The SMILES string of the molecule is CCCCCN1CCN(CC(C)C(=O)O)CC1. The van der Waals surface area contributed by atoms with Gasteiger partial charge in [0.2, 0.25) is 0 Å². The third-order valence-electron chi connectivity index (χ3n) is 3.50. The van der Waals surface area contributed by atoms with Crippen LogP contribution < -0.4 is 0 Å². The van der Waals surface area contributed by atoms with Crippen molar-refractivity contribution in [2.45, 2.75) is 33.1 Å². The summed E-state index contributed by atoms with van der Waals surface area (Å²) in [6, 6.07) is 0. The van der Waals surface area contributed by atoms with Crippen LogP contribution in [0.5, 0.6) is 0 Å². The molecule has 1 aliphatic heterocycles. The highest BCUT2D eigenvalue weighted by Crippen LogP contribution is 2.07. The molecule has 1 aliphatic rings. The molecule has 0 spiro atoms. The summed E-state index contributed by atoms with van der Waals surface area (Å²) in [6.45, 7) is 10.1. The topological polar surface area (TPSA) is 43.8 Å². The Balaban J connectivity index is 2.15. The van der Waals surface area contributed by atoms with Gasteiger partial charge >= 0.3 is 5.97 Å². The maximum atomic E-state index is 10.8. The van der Waals surface area contributed by atoms with Crippen LogP contribution in [0.1, 0.15) is 33.1 Å². The molecule has 0 saturated carbocycles. The lowest BCUT2D eigenvalue weighted by atomic mass is 10.1. The van der Waals surface area contributed by atoms with E-state index in [1.54, 1.807) is 6.92 Å². The molecule has 1 saturated heterocycles. The van der Waals surface area contributed by atoms with Gasteiger partial charge in [0.15, 0.2) is 0 Å². The average molecular weight is 242 g/mol. The first-order valence-corrected chi connectivity index (χ1v) is 6.81. The molecule has 1 heterocycles. The normalized spacial score (nSPS) is 20.4. The summed E-state index contributed by atoms with van der Waals surface area (Å²) < 4.78 is 0. The maximum absolute atomic E-state index is 10.8. The zero-order chi connectivity index (χ0) is 12.7. The van der Waals surface area contributed by atoms with Crippen LogP contribution in [-0.2, 0) is 4.79 Å². The molecule has 1 atom stereocenters. The summed E-state index contributed by atoms with van der Waals surface area (Å²) in [5, 5.41) is 8.87. The van der Waals surface area contributed by atoms with Crippen LogP contribution in [0.15, 0.2) is 0 Å². The van der Waals surface area contributed by atoms with Gasteiger partial charge in [-0.2, -0.15) is 0 Å². The Kier molecular flexibility index (Phi) is 6.52. The van der Waals surface area contributed by atoms with Gasteiger partial charge in [-0.25, -0.2) is 0 Å². The lowest BCUT2D eigenvalue weighted by Gasteiger charge is -2.35. The van der Waals surface area contributed by atoms with Crippen LogP contribution in [-0.4, -0.2) is 60.1 Å². The average Bonchev–Trinajstić information content (AvgIpc) is 2.31. The van der Waals surface area contributed by atoms with Gasteiger partial charge in [0, 0.05) is 32.7 Å². The van der Waals surface area contributed by atoms with E-state index in [0.29, 0.717) is 6.54 Å². The number of piperazine rings is 1. The molecule has 4 nitrogen and oxygen atoms in total. The van der Waals surface area contributed by atoms with Crippen LogP contribution >= 0.6 is 0 Å². The van der Waals surface area contributed by atoms with E-state index in [1.165, 1.54) is 25.8 Å². The van der Waals surface area contributed by atoms with Crippen molar-refractivity contribution in [1.29, 1.82) is 0 Å². The summed E-state index contributed by atoms with van der Waals surface area (Å²) in [5.74, 6) is -0.933. The van der Waals surface area contributed by atoms with E-state index in [9.17, 15) is 4.79 Å². The summed E-state index contributed by atoms with van der Waals surface area (Å²) >= 11 is 0. The maximum Gasteiger partial charge on any atom is 0.307 e.